The average molecular weight is 708 g/mol. The third-order valence-electron chi connectivity index (χ3n) is 10.3. The maximum atomic E-state index is 6.65. The number of hydrogen-bond donors (Lipinski definition) is 0. The molecule has 0 saturated carbocycles. The second-order valence-electron chi connectivity index (χ2n) is 13.6. The smallest absolute Gasteiger partial charge is 0.164 e. The van der Waals surface area contributed by atoms with Gasteiger partial charge >= 0.3 is 0 Å². The topological polar surface area (TPSA) is 51.8 Å². The second-order valence-corrected chi connectivity index (χ2v) is 14.6. The highest BCUT2D eigenvalue weighted by atomic mass is 32.1. The summed E-state index contributed by atoms with van der Waals surface area (Å²) in [7, 11) is 0. The summed E-state index contributed by atoms with van der Waals surface area (Å²) in [6.07, 6.45) is 0. The summed E-state index contributed by atoms with van der Waals surface area (Å²) in [5, 5.41) is 6.78. The fraction of sp³-hybridized carbons (Fsp3) is 0. The van der Waals surface area contributed by atoms with E-state index in [2.05, 4.69) is 152 Å². The van der Waals surface area contributed by atoms with E-state index in [0.29, 0.717) is 17.5 Å². The molecule has 0 fully saturated rings. The van der Waals surface area contributed by atoms with Gasteiger partial charge in [0.15, 0.2) is 17.5 Å². The fourth-order valence-electron chi connectivity index (χ4n) is 7.78. The van der Waals surface area contributed by atoms with Crippen LogP contribution in [0.4, 0.5) is 0 Å². The summed E-state index contributed by atoms with van der Waals surface area (Å²) in [5.74, 6) is 1.93. The van der Waals surface area contributed by atoms with Crippen molar-refractivity contribution in [1.29, 1.82) is 0 Å². The Balaban J connectivity index is 1.10. The van der Waals surface area contributed by atoms with Gasteiger partial charge in [0.05, 0.1) is 0 Å². The van der Waals surface area contributed by atoms with Gasteiger partial charge in [-0.15, -0.1) is 11.3 Å². The van der Waals surface area contributed by atoms with Crippen LogP contribution in [0.1, 0.15) is 0 Å². The number of hydrogen-bond acceptors (Lipinski definition) is 5. The van der Waals surface area contributed by atoms with Crippen LogP contribution in [0, 0.1) is 0 Å². The van der Waals surface area contributed by atoms with Gasteiger partial charge in [-0.2, -0.15) is 0 Å². The molecule has 0 aliphatic carbocycles. The predicted octanol–water partition coefficient (Wildman–Crippen LogP) is 13.6. The number of nitrogens with zero attached hydrogens (tertiary/aromatic N) is 3. The highest BCUT2D eigenvalue weighted by molar-refractivity contribution is 7.25. The molecule has 0 aliphatic heterocycles. The van der Waals surface area contributed by atoms with Crippen LogP contribution in [0.3, 0.4) is 0 Å². The number of rotatable bonds is 5. The molecule has 3 aromatic heterocycles. The Bertz CT molecular complexity index is 3220. The molecule has 5 heteroatoms. The molecule has 0 saturated heterocycles. The standard InChI is InChI=1S/C49H29N3OS/c1-3-13-30(14-4-1)32-25-26-36-41-29-40(35-19-7-8-20-37(35)46(41)53-42(36)28-32)33-17-11-18-34(27-33)48-50-47(31-15-5-2-6-16-31)51-49(52-48)39-22-12-24-44-45(39)38-21-9-10-23-43(38)54-44/h1-29H. The van der Waals surface area contributed by atoms with E-state index in [9.17, 15) is 0 Å². The normalized spacial score (nSPS) is 11.7. The SMILES string of the molecule is c1ccc(-c2ccc3c(c2)oc2c4ccccc4c(-c4cccc(-c5nc(-c6ccccc6)nc(-c6cccc7sc8ccccc8c67)n5)c4)cc32)cc1. The van der Waals surface area contributed by atoms with Gasteiger partial charge in [0.2, 0.25) is 0 Å². The third-order valence-corrected chi connectivity index (χ3v) is 11.5. The van der Waals surface area contributed by atoms with E-state index in [0.717, 1.165) is 66.1 Å². The van der Waals surface area contributed by atoms with Crippen LogP contribution >= 0.6 is 11.3 Å². The Morgan fingerprint density at radius 3 is 1.81 bits per heavy atom. The molecule has 0 bridgehead atoms. The molecule has 8 aromatic carbocycles. The van der Waals surface area contributed by atoms with Crippen LogP contribution in [0.15, 0.2) is 180 Å². The minimum absolute atomic E-state index is 0.629. The van der Waals surface area contributed by atoms with Gasteiger partial charge in [0.1, 0.15) is 11.2 Å². The third kappa shape index (κ3) is 5.01. The van der Waals surface area contributed by atoms with E-state index in [-0.39, 0.29) is 0 Å². The first-order valence-electron chi connectivity index (χ1n) is 18.0. The van der Waals surface area contributed by atoms with Crippen molar-refractivity contribution in [3.63, 3.8) is 0 Å². The van der Waals surface area contributed by atoms with E-state index in [1.807, 2.05) is 24.3 Å². The Labute approximate surface area is 314 Å². The summed E-state index contributed by atoms with van der Waals surface area (Å²) < 4.78 is 9.11. The molecule has 4 nitrogen and oxygen atoms in total. The van der Waals surface area contributed by atoms with E-state index in [4.69, 9.17) is 19.4 Å². The minimum Gasteiger partial charge on any atom is -0.455 e. The minimum atomic E-state index is 0.629. The molecule has 11 rings (SSSR count). The predicted molar refractivity (Wildman–Crippen MR) is 225 cm³/mol. The van der Waals surface area contributed by atoms with E-state index < -0.39 is 0 Å². The Morgan fingerprint density at radius 2 is 0.981 bits per heavy atom. The lowest BCUT2D eigenvalue weighted by Gasteiger charge is -2.12. The van der Waals surface area contributed by atoms with Crippen LogP contribution in [0.5, 0.6) is 0 Å². The molecule has 0 atom stereocenters. The van der Waals surface area contributed by atoms with Gasteiger partial charge in [-0.3, -0.25) is 0 Å². The van der Waals surface area contributed by atoms with Gasteiger partial charge in [-0.25, -0.2) is 15.0 Å². The van der Waals surface area contributed by atoms with Crippen LogP contribution < -0.4 is 0 Å². The average Bonchev–Trinajstić information content (AvgIpc) is 3.82. The first-order chi connectivity index (χ1) is 26.7. The highest BCUT2D eigenvalue weighted by Gasteiger charge is 2.19. The van der Waals surface area contributed by atoms with Crippen molar-refractivity contribution in [3.05, 3.63) is 176 Å². The second kappa shape index (κ2) is 12.3. The first kappa shape index (κ1) is 30.7. The quantitative estimate of drug-likeness (QED) is 0.179. The molecule has 252 valence electrons. The number of aromatic nitrogens is 3. The zero-order valence-electron chi connectivity index (χ0n) is 28.9. The molecular formula is C49H29N3OS. The summed E-state index contributed by atoms with van der Waals surface area (Å²) in [5.41, 5.74) is 9.15. The van der Waals surface area contributed by atoms with E-state index in [1.165, 1.54) is 25.7 Å². The lowest BCUT2D eigenvalue weighted by Crippen LogP contribution is -2.00. The highest BCUT2D eigenvalue weighted by Crippen LogP contribution is 2.42. The van der Waals surface area contributed by atoms with Gasteiger partial charge in [0, 0.05) is 53.0 Å². The van der Waals surface area contributed by atoms with Gasteiger partial charge in [-0.1, -0.05) is 140 Å². The first-order valence-corrected chi connectivity index (χ1v) is 18.8. The summed E-state index contributed by atoms with van der Waals surface area (Å²) in [6, 6.07) is 61.5. The molecule has 54 heavy (non-hydrogen) atoms. The molecule has 0 unspecified atom stereocenters. The fourth-order valence-corrected chi connectivity index (χ4v) is 8.91. The van der Waals surface area contributed by atoms with Crippen molar-refractivity contribution in [2.24, 2.45) is 0 Å². The Morgan fingerprint density at radius 1 is 0.352 bits per heavy atom. The van der Waals surface area contributed by atoms with Crippen molar-refractivity contribution in [2.45, 2.75) is 0 Å². The molecule has 0 aliphatic rings. The number of benzene rings is 8. The van der Waals surface area contributed by atoms with Crippen molar-refractivity contribution in [2.75, 3.05) is 0 Å². The Kier molecular flexibility index (Phi) is 7.00. The molecule has 11 aromatic rings. The van der Waals surface area contributed by atoms with Crippen molar-refractivity contribution in [3.8, 4) is 56.4 Å². The van der Waals surface area contributed by atoms with Gasteiger partial charge < -0.3 is 4.42 Å². The molecule has 3 heterocycles. The Hall–Kier alpha value is -6.95. The molecule has 0 radical (unpaired) electrons. The number of fused-ring (bicyclic) bond motifs is 8. The molecule has 0 N–H and O–H groups in total. The molecule has 0 amide bonds. The van der Waals surface area contributed by atoms with E-state index in [1.54, 1.807) is 11.3 Å². The van der Waals surface area contributed by atoms with Crippen LogP contribution in [0.2, 0.25) is 0 Å². The lowest BCUT2D eigenvalue weighted by atomic mass is 9.94. The van der Waals surface area contributed by atoms with Gasteiger partial charge in [0.25, 0.3) is 0 Å². The van der Waals surface area contributed by atoms with Crippen LogP contribution in [-0.2, 0) is 0 Å². The number of thiophene rings is 1. The monoisotopic (exact) mass is 707 g/mol. The largest absolute Gasteiger partial charge is 0.455 e. The van der Waals surface area contributed by atoms with Crippen molar-refractivity contribution in [1.82, 2.24) is 15.0 Å². The van der Waals surface area contributed by atoms with Crippen molar-refractivity contribution < 1.29 is 4.42 Å². The van der Waals surface area contributed by atoms with Crippen LogP contribution in [-0.4, -0.2) is 15.0 Å². The van der Waals surface area contributed by atoms with Gasteiger partial charge in [-0.05, 0) is 64.0 Å². The molecule has 0 spiro atoms. The zero-order valence-corrected chi connectivity index (χ0v) is 29.7. The summed E-state index contributed by atoms with van der Waals surface area (Å²) in [6.45, 7) is 0. The maximum Gasteiger partial charge on any atom is 0.164 e. The maximum absolute atomic E-state index is 6.65. The summed E-state index contributed by atoms with van der Waals surface area (Å²) >= 11 is 1.80. The van der Waals surface area contributed by atoms with Crippen LogP contribution in [0.25, 0.3) is 109 Å². The molecular weight excluding hydrogens is 679 g/mol. The summed E-state index contributed by atoms with van der Waals surface area (Å²) in [4.78, 5) is 15.4. The van der Waals surface area contributed by atoms with Crippen molar-refractivity contribution >= 4 is 64.2 Å². The van der Waals surface area contributed by atoms with E-state index >= 15 is 0 Å². The number of furan rings is 1. The lowest BCUT2D eigenvalue weighted by molar-refractivity contribution is 0.673. The zero-order chi connectivity index (χ0) is 35.6.